The van der Waals surface area contributed by atoms with Crippen molar-refractivity contribution in [1.29, 1.82) is 0 Å². The Balaban J connectivity index is 1.31. The van der Waals surface area contributed by atoms with Crippen LogP contribution in [0.25, 0.3) is 0 Å². The lowest BCUT2D eigenvalue weighted by molar-refractivity contribution is -0.116. The van der Waals surface area contributed by atoms with Gasteiger partial charge in [0.05, 0.1) is 5.75 Å². The van der Waals surface area contributed by atoms with Gasteiger partial charge in [-0.2, -0.15) is 0 Å². The molecule has 1 amide bonds. The highest BCUT2D eigenvalue weighted by atomic mass is 32.2. The summed E-state index contributed by atoms with van der Waals surface area (Å²) in [5.74, 6) is 0.509. The number of hydrogen-bond acceptors (Lipinski definition) is 7. The van der Waals surface area contributed by atoms with E-state index in [2.05, 4.69) is 46.0 Å². The van der Waals surface area contributed by atoms with Crippen LogP contribution >= 0.6 is 34.4 Å². The van der Waals surface area contributed by atoms with Crippen LogP contribution in [0.4, 0.5) is 10.8 Å². The molecule has 8 heteroatoms. The normalized spacial score (nSPS) is 16.0. The second kappa shape index (κ2) is 9.07. The molecule has 0 saturated carbocycles. The van der Waals surface area contributed by atoms with Crippen LogP contribution in [0.15, 0.2) is 46.1 Å². The first kappa shape index (κ1) is 19.4. The number of hydrogen-bond donors (Lipinski definition) is 1. The van der Waals surface area contributed by atoms with Gasteiger partial charge >= 0.3 is 0 Å². The molecular weight excluding hydrogens is 408 g/mol. The van der Waals surface area contributed by atoms with Gasteiger partial charge in [0.1, 0.15) is 0 Å². The molecule has 0 radical (unpaired) electrons. The van der Waals surface area contributed by atoms with Crippen molar-refractivity contribution in [2.45, 2.75) is 36.6 Å². The highest BCUT2D eigenvalue weighted by Crippen LogP contribution is 2.32. The second-order valence-electron chi connectivity index (χ2n) is 6.70. The quantitative estimate of drug-likeness (QED) is 0.550. The number of para-hydroxylation sites is 1. The van der Waals surface area contributed by atoms with Crippen LogP contribution in [0, 0.1) is 0 Å². The molecule has 1 aliphatic heterocycles. The lowest BCUT2D eigenvalue weighted by Crippen LogP contribution is -2.43. The van der Waals surface area contributed by atoms with Gasteiger partial charge in [0.25, 0.3) is 0 Å². The Labute approximate surface area is 177 Å². The van der Waals surface area contributed by atoms with Crippen molar-refractivity contribution in [2.75, 3.05) is 22.5 Å². The number of nitrogens with one attached hydrogen (secondary N) is 1. The maximum Gasteiger partial charge on any atom is 0.237 e. The van der Waals surface area contributed by atoms with Crippen molar-refractivity contribution >= 4 is 51.2 Å². The number of amides is 1. The number of nitrogens with zero attached hydrogens (tertiary/aromatic N) is 3. The Morgan fingerprint density at radius 3 is 3.04 bits per heavy atom. The third-order valence-corrected chi connectivity index (χ3v) is 7.68. The van der Waals surface area contributed by atoms with Crippen LogP contribution in [0.1, 0.15) is 23.8 Å². The van der Waals surface area contributed by atoms with Gasteiger partial charge in [0.2, 0.25) is 11.0 Å². The molecule has 1 aromatic carbocycles. The number of aryl methyl sites for hydroxylation is 1. The van der Waals surface area contributed by atoms with Crippen LogP contribution in [0.2, 0.25) is 0 Å². The molecule has 4 rings (SSSR count). The van der Waals surface area contributed by atoms with Gasteiger partial charge in [-0.3, -0.25) is 4.79 Å². The maximum atomic E-state index is 12.9. The summed E-state index contributed by atoms with van der Waals surface area (Å²) in [6, 6.07) is 12.6. The SMILES string of the molecule is CC1CCc2ccccc2N1C(=O)CSc1nnc(NCCc2cccs2)s1. The Morgan fingerprint density at radius 1 is 1.29 bits per heavy atom. The molecule has 1 aliphatic rings. The summed E-state index contributed by atoms with van der Waals surface area (Å²) in [5.41, 5.74) is 2.31. The lowest BCUT2D eigenvalue weighted by Gasteiger charge is -2.35. The summed E-state index contributed by atoms with van der Waals surface area (Å²) < 4.78 is 0.824. The summed E-state index contributed by atoms with van der Waals surface area (Å²) in [4.78, 5) is 16.2. The van der Waals surface area contributed by atoms with Crippen LogP contribution in [0.5, 0.6) is 0 Å². The number of carbonyl (C=O) groups is 1. The number of aromatic nitrogens is 2. The van der Waals surface area contributed by atoms with Crippen LogP contribution in [-0.2, 0) is 17.6 Å². The minimum atomic E-state index is 0.132. The predicted octanol–water partition coefficient (Wildman–Crippen LogP) is 4.71. The molecule has 0 aliphatic carbocycles. The van der Waals surface area contributed by atoms with E-state index in [-0.39, 0.29) is 11.9 Å². The molecule has 0 bridgehead atoms. The Morgan fingerprint density at radius 2 is 2.18 bits per heavy atom. The molecule has 28 heavy (non-hydrogen) atoms. The van der Waals surface area contributed by atoms with E-state index >= 15 is 0 Å². The smallest absolute Gasteiger partial charge is 0.237 e. The number of fused-ring (bicyclic) bond motifs is 1. The van der Waals surface area contributed by atoms with Gasteiger partial charge in [0.15, 0.2) is 4.34 Å². The zero-order valence-corrected chi connectivity index (χ0v) is 18.1. The Bertz CT molecular complexity index is 925. The standard InChI is InChI=1S/C20H22N4OS3/c1-14-8-9-15-5-2-3-7-17(15)24(14)18(25)13-27-20-23-22-19(28-20)21-11-10-16-6-4-12-26-16/h2-7,12,14H,8-11,13H2,1H3,(H,21,22). The number of thioether (sulfide) groups is 1. The Kier molecular flexibility index (Phi) is 6.29. The largest absolute Gasteiger partial charge is 0.360 e. The zero-order valence-electron chi connectivity index (χ0n) is 15.6. The summed E-state index contributed by atoms with van der Waals surface area (Å²) in [6.45, 7) is 2.96. The number of thiophene rings is 1. The zero-order chi connectivity index (χ0) is 19.3. The van der Waals surface area contributed by atoms with Crippen molar-refractivity contribution < 1.29 is 4.79 Å². The van der Waals surface area contributed by atoms with E-state index in [0.717, 1.165) is 41.0 Å². The van der Waals surface area contributed by atoms with E-state index in [1.54, 1.807) is 11.3 Å². The molecule has 2 aromatic heterocycles. The van der Waals surface area contributed by atoms with Crippen LogP contribution in [0.3, 0.4) is 0 Å². The van der Waals surface area contributed by atoms with Crippen molar-refractivity contribution in [3.05, 3.63) is 52.2 Å². The van der Waals surface area contributed by atoms with Crippen molar-refractivity contribution in [1.82, 2.24) is 10.2 Å². The number of rotatable bonds is 7. The Hall–Kier alpha value is -1.90. The van der Waals surface area contributed by atoms with Gasteiger partial charge < -0.3 is 10.2 Å². The molecule has 1 atom stereocenters. The third-order valence-electron chi connectivity index (χ3n) is 4.75. The molecule has 0 spiro atoms. The van der Waals surface area contributed by atoms with E-state index in [1.165, 1.54) is 33.5 Å². The molecule has 1 unspecified atom stereocenters. The molecule has 1 N–H and O–H groups in total. The highest BCUT2D eigenvalue weighted by molar-refractivity contribution is 8.01. The maximum absolute atomic E-state index is 12.9. The fourth-order valence-corrected chi connectivity index (χ4v) is 5.69. The average Bonchev–Trinajstić information content (AvgIpc) is 3.38. The fourth-order valence-electron chi connectivity index (χ4n) is 3.35. The van der Waals surface area contributed by atoms with Gasteiger partial charge in [-0.1, -0.05) is 47.4 Å². The molecule has 0 saturated heterocycles. The second-order valence-corrected chi connectivity index (χ2v) is 9.93. The summed E-state index contributed by atoms with van der Waals surface area (Å²) >= 11 is 4.74. The summed E-state index contributed by atoms with van der Waals surface area (Å²) in [6.07, 6.45) is 3.01. The first-order valence-corrected chi connectivity index (χ1v) is 12.0. The first-order valence-electron chi connectivity index (χ1n) is 9.33. The van der Waals surface area contributed by atoms with Crippen molar-refractivity contribution in [3.8, 4) is 0 Å². The first-order chi connectivity index (χ1) is 13.7. The minimum Gasteiger partial charge on any atom is -0.360 e. The molecule has 0 fully saturated rings. The van der Waals surface area contributed by atoms with Crippen molar-refractivity contribution in [3.63, 3.8) is 0 Å². The number of carbonyl (C=O) groups excluding carboxylic acids is 1. The van der Waals surface area contributed by atoms with Gasteiger partial charge in [-0.25, -0.2) is 0 Å². The van der Waals surface area contributed by atoms with Crippen LogP contribution in [-0.4, -0.2) is 34.4 Å². The van der Waals surface area contributed by atoms with Gasteiger partial charge in [0, 0.05) is 23.2 Å². The third kappa shape index (κ3) is 4.56. The van der Waals surface area contributed by atoms with Gasteiger partial charge in [-0.15, -0.1) is 21.5 Å². The van der Waals surface area contributed by atoms with Crippen LogP contribution < -0.4 is 10.2 Å². The minimum absolute atomic E-state index is 0.132. The number of anilines is 2. The lowest BCUT2D eigenvalue weighted by atomic mass is 9.97. The molecule has 3 aromatic rings. The topological polar surface area (TPSA) is 58.1 Å². The highest BCUT2D eigenvalue weighted by Gasteiger charge is 2.28. The molecular formula is C20H22N4OS3. The summed E-state index contributed by atoms with van der Waals surface area (Å²) in [7, 11) is 0. The fraction of sp³-hybridized carbons (Fsp3) is 0.350. The summed E-state index contributed by atoms with van der Waals surface area (Å²) in [5, 5.41) is 14.6. The van der Waals surface area contributed by atoms with E-state index in [1.807, 2.05) is 23.1 Å². The monoisotopic (exact) mass is 430 g/mol. The van der Waals surface area contributed by atoms with E-state index < -0.39 is 0 Å². The van der Waals surface area contributed by atoms with E-state index in [4.69, 9.17) is 0 Å². The molecule has 146 valence electrons. The van der Waals surface area contributed by atoms with E-state index in [0.29, 0.717) is 5.75 Å². The average molecular weight is 431 g/mol. The molecule has 5 nitrogen and oxygen atoms in total. The predicted molar refractivity (Wildman–Crippen MR) is 119 cm³/mol. The van der Waals surface area contributed by atoms with Gasteiger partial charge in [-0.05, 0) is 49.3 Å². The molecule has 3 heterocycles. The van der Waals surface area contributed by atoms with E-state index in [9.17, 15) is 4.79 Å². The van der Waals surface area contributed by atoms with Crippen molar-refractivity contribution in [2.24, 2.45) is 0 Å². The number of benzene rings is 1.